The van der Waals surface area contributed by atoms with Crippen LogP contribution >= 0.6 is 23.5 Å². The van der Waals surface area contributed by atoms with Crippen LogP contribution < -0.4 is 5.32 Å². The fraction of sp³-hybridized carbons (Fsp3) is 0.429. The molecule has 1 aliphatic heterocycles. The molecule has 2 N–H and O–H groups in total. The fourth-order valence-electron chi connectivity index (χ4n) is 2.27. The van der Waals surface area contributed by atoms with Gasteiger partial charge < -0.3 is 10.4 Å². The summed E-state index contributed by atoms with van der Waals surface area (Å²) in [5, 5.41) is 12.0. The van der Waals surface area contributed by atoms with E-state index in [2.05, 4.69) is 5.32 Å². The summed E-state index contributed by atoms with van der Waals surface area (Å²) in [6.45, 7) is 1.96. The van der Waals surface area contributed by atoms with Crippen LogP contribution in [-0.2, 0) is 4.79 Å². The number of benzene rings is 1. The second kappa shape index (κ2) is 7.09. The van der Waals surface area contributed by atoms with E-state index in [1.807, 2.05) is 37.4 Å². The van der Waals surface area contributed by atoms with Gasteiger partial charge in [-0.3, -0.25) is 4.90 Å². The summed E-state index contributed by atoms with van der Waals surface area (Å²) >= 11 is 3.05. The first-order valence-corrected chi connectivity index (χ1v) is 8.92. The van der Waals surface area contributed by atoms with Crippen LogP contribution in [0.1, 0.15) is 13.3 Å². The number of thioether (sulfide) groups is 2. The van der Waals surface area contributed by atoms with E-state index < -0.39 is 12.0 Å². The number of carbonyl (C=O) groups is 2. The molecule has 0 saturated carbocycles. The van der Waals surface area contributed by atoms with E-state index >= 15 is 0 Å². The van der Waals surface area contributed by atoms with Crippen molar-refractivity contribution in [1.82, 2.24) is 4.90 Å². The molecule has 2 atom stereocenters. The molecule has 1 fully saturated rings. The highest BCUT2D eigenvalue weighted by molar-refractivity contribution is 8.00. The Labute approximate surface area is 132 Å². The number of para-hydroxylation sites is 1. The van der Waals surface area contributed by atoms with Gasteiger partial charge >= 0.3 is 12.0 Å². The van der Waals surface area contributed by atoms with E-state index in [1.165, 1.54) is 28.4 Å². The SMILES string of the molecule is CCC1SCC(C(=O)O)N1C(=O)Nc1ccccc1SC. The van der Waals surface area contributed by atoms with Crippen molar-refractivity contribution in [2.24, 2.45) is 0 Å². The number of rotatable bonds is 4. The first-order chi connectivity index (χ1) is 10.1. The number of nitrogens with one attached hydrogen (secondary N) is 1. The number of carboxylic acid groups (broad SMARTS) is 1. The Kier molecular flexibility index (Phi) is 5.41. The van der Waals surface area contributed by atoms with Crippen LogP contribution in [0.2, 0.25) is 0 Å². The Bertz CT molecular complexity index is 539. The number of aliphatic carboxylic acids is 1. The lowest BCUT2D eigenvalue weighted by molar-refractivity contribution is -0.141. The van der Waals surface area contributed by atoms with Gasteiger partial charge in [0, 0.05) is 10.6 Å². The molecule has 1 aromatic carbocycles. The van der Waals surface area contributed by atoms with E-state index in [0.717, 1.165) is 11.3 Å². The lowest BCUT2D eigenvalue weighted by Crippen LogP contribution is -2.47. The first kappa shape index (κ1) is 16.0. The molecule has 2 amide bonds. The summed E-state index contributed by atoms with van der Waals surface area (Å²) < 4.78 is 0. The number of nitrogens with zero attached hydrogens (tertiary/aromatic N) is 1. The summed E-state index contributed by atoms with van der Waals surface area (Å²) in [7, 11) is 0. The highest BCUT2D eigenvalue weighted by Crippen LogP contribution is 2.33. The molecule has 21 heavy (non-hydrogen) atoms. The number of hydrogen-bond acceptors (Lipinski definition) is 4. The highest BCUT2D eigenvalue weighted by atomic mass is 32.2. The first-order valence-electron chi connectivity index (χ1n) is 6.65. The number of hydrogen-bond donors (Lipinski definition) is 2. The smallest absolute Gasteiger partial charge is 0.327 e. The molecule has 1 aliphatic rings. The fourth-order valence-corrected chi connectivity index (χ4v) is 4.17. The van der Waals surface area contributed by atoms with Crippen molar-refractivity contribution in [3.8, 4) is 0 Å². The molecule has 0 radical (unpaired) electrons. The van der Waals surface area contributed by atoms with Gasteiger partial charge in [-0.25, -0.2) is 9.59 Å². The topological polar surface area (TPSA) is 69.6 Å². The van der Waals surface area contributed by atoms with Crippen LogP contribution in [0, 0.1) is 0 Å². The molecule has 0 spiro atoms. The van der Waals surface area contributed by atoms with Crippen molar-refractivity contribution in [1.29, 1.82) is 0 Å². The van der Waals surface area contributed by atoms with E-state index in [-0.39, 0.29) is 11.4 Å². The van der Waals surface area contributed by atoms with E-state index in [1.54, 1.807) is 0 Å². The quantitative estimate of drug-likeness (QED) is 0.832. The molecule has 1 saturated heterocycles. The van der Waals surface area contributed by atoms with Crippen LogP contribution in [0.15, 0.2) is 29.2 Å². The maximum absolute atomic E-state index is 12.5. The zero-order chi connectivity index (χ0) is 15.4. The van der Waals surface area contributed by atoms with Crippen molar-refractivity contribution in [2.75, 3.05) is 17.3 Å². The van der Waals surface area contributed by atoms with Crippen LogP contribution in [0.3, 0.4) is 0 Å². The molecule has 114 valence electrons. The predicted molar refractivity (Wildman–Crippen MR) is 87.0 cm³/mol. The van der Waals surface area contributed by atoms with Gasteiger partial charge in [0.1, 0.15) is 6.04 Å². The third kappa shape index (κ3) is 3.47. The number of carboxylic acids is 1. The second-order valence-electron chi connectivity index (χ2n) is 4.59. The molecule has 7 heteroatoms. The number of anilines is 1. The van der Waals surface area contributed by atoms with Gasteiger partial charge in [-0.15, -0.1) is 23.5 Å². The molecular weight excluding hydrogens is 308 g/mol. The van der Waals surface area contributed by atoms with E-state index in [9.17, 15) is 14.7 Å². The van der Waals surface area contributed by atoms with Gasteiger partial charge in [0.05, 0.1) is 11.1 Å². The molecule has 2 rings (SSSR count). The molecule has 5 nitrogen and oxygen atoms in total. The standard InChI is InChI=1S/C14H18N2O3S2/c1-3-12-16(10(8-21-12)13(17)18)14(19)15-9-6-4-5-7-11(9)20-2/h4-7,10,12H,3,8H2,1-2H3,(H,15,19)(H,17,18). The van der Waals surface area contributed by atoms with Crippen LogP contribution in [-0.4, -0.2) is 45.4 Å². The van der Waals surface area contributed by atoms with Gasteiger partial charge in [-0.1, -0.05) is 19.1 Å². The monoisotopic (exact) mass is 326 g/mol. The second-order valence-corrected chi connectivity index (χ2v) is 6.65. The predicted octanol–water partition coefficient (Wildman–Crippen LogP) is 3.18. The normalized spacial score (nSPS) is 21.3. The van der Waals surface area contributed by atoms with E-state index in [0.29, 0.717) is 11.4 Å². The van der Waals surface area contributed by atoms with Crippen molar-refractivity contribution in [3.63, 3.8) is 0 Å². The average Bonchev–Trinajstić information content (AvgIpc) is 2.92. The van der Waals surface area contributed by atoms with Gasteiger partial charge in [0.2, 0.25) is 0 Å². The zero-order valence-electron chi connectivity index (χ0n) is 11.9. The van der Waals surface area contributed by atoms with Crippen molar-refractivity contribution in [2.45, 2.75) is 29.7 Å². The summed E-state index contributed by atoms with van der Waals surface area (Å²) in [4.78, 5) is 26.2. The largest absolute Gasteiger partial charge is 0.480 e. The van der Waals surface area contributed by atoms with Crippen molar-refractivity contribution >= 4 is 41.2 Å². The Balaban J connectivity index is 2.19. The van der Waals surface area contributed by atoms with Crippen LogP contribution in [0.4, 0.5) is 10.5 Å². The minimum Gasteiger partial charge on any atom is -0.480 e. The minimum atomic E-state index is -0.952. The maximum atomic E-state index is 12.5. The number of carbonyl (C=O) groups excluding carboxylic acids is 1. The zero-order valence-corrected chi connectivity index (χ0v) is 13.5. The minimum absolute atomic E-state index is 0.0902. The molecule has 2 unspecified atom stereocenters. The molecule has 1 heterocycles. The molecule has 0 aliphatic carbocycles. The maximum Gasteiger partial charge on any atom is 0.327 e. The molecule has 0 aromatic heterocycles. The van der Waals surface area contributed by atoms with Crippen molar-refractivity contribution < 1.29 is 14.7 Å². The highest BCUT2D eigenvalue weighted by Gasteiger charge is 2.40. The van der Waals surface area contributed by atoms with Crippen LogP contribution in [0.5, 0.6) is 0 Å². The van der Waals surface area contributed by atoms with Gasteiger partial charge in [-0.2, -0.15) is 0 Å². The third-order valence-electron chi connectivity index (χ3n) is 3.31. The summed E-state index contributed by atoms with van der Waals surface area (Å²) in [5.74, 6) is -0.516. The molecule has 1 aromatic rings. The summed E-state index contributed by atoms with van der Waals surface area (Å²) in [5.41, 5.74) is 0.714. The molecule has 0 bridgehead atoms. The number of amides is 2. The molecular formula is C14H18N2O3S2. The van der Waals surface area contributed by atoms with Crippen molar-refractivity contribution in [3.05, 3.63) is 24.3 Å². The lowest BCUT2D eigenvalue weighted by Gasteiger charge is -2.27. The van der Waals surface area contributed by atoms with Gasteiger partial charge in [0.25, 0.3) is 0 Å². The summed E-state index contributed by atoms with van der Waals surface area (Å²) in [6, 6.07) is 6.39. The summed E-state index contributed by atoms with van der Waals surface area (Å²) in [6.07, 6.45) is 2.66. The van der Waals surface area contributed by atoms with Crippen LogP contribution in [0.25, 0.3) is 0 Å². The Morgan fingerprint density at radius 2 is 2.19 bits per heavy atom. The van der Waals surface area contributed by atoms with E-state index in [4.69, 9.17) is 0 Å². The average molecular weight is 326 g/mol. The third-order valence-corrected chi connectivity index (χ3v) is 5.56. The Morgan fingerprint density at radius 1 is 1.48 bits per heavy atom. The number of urea groups is 1. The Hall–Kier alpha value is -1.34. The van der Waals surface area contributed by atoms with Gasteiger partial charge in [-0.05, 0) is 24.8 Å². The lowest BCUT2D eigenvalue weighted by atomic mass is 10.2. The Morgan fingerprint density at radius 3 is 2.81 bits per heavy atom. The van der Waals surface area contributed by atoms with Gasteiger partial charge in [0.15, 0.2) is 0 Å².